The first-order chi connectivity index (χ1) is 4.50. The van der Waals surface area contributed by atoms with Crippen LogP contribution >= 0.6 is 19.8 Å². The molecule has 0 saturated heterocycles. The van der Waals surface area contributed by atoms with Crippen molar-refractivity contribution in [3.05, 3.63) is 0 Å². The maximum atomic E-state index is 11.8. The van der Waals surface area contributed by atoms with Crippen LogP contribution in [0.4, 0.5) is 0 Å². The van der Waals surface area contributed by atoms with Gasteiger partial charge < -0.3 is 4.89 Å². The van der Waals surface area contributed by atoms with Gasteiger partial charge in [0.15, 0.2) is 0 Å². The van der Waals surface area contributed by atoms with Crippen LogP contribution in [0.2, 0.25) is 0 Å². The molecule has 0 radical (unpaired) electrons. The Labute approximate surface area is 81.6 Å². The van der Waals surface area contributed by atoms with Gasteiger partial charge in [-0.1, -0.05) is 41.5 Å². The monoisotopic (exact) mass is 214 g/mol. The van der Waals surface area contributed by atoms with Crippen LogP contribution in [0.1, 0.15) is 41.5 Å². The Morgan fingerprint density at radius 3 is 1.08 bits per heavy atom. The van der Waals surface area contributed by atoms with Gasteiger partial charge >= 0.3 is 0 Å². The van der Waals surface area contributed by atoms with Crippen LogP contribution in [0.25, 0.3) is 0 Å². The molecule has 0 aliphatic rings. The van der Waals surface area contributed by atoms with Crippen molar-refractivity contribution in [1.29, 1.82) is 0 Å². The summed E-state index contributed by atoms with van der Waals surface area (Å²) in [5, 5.41) is -1.02. The van der Waals surface area contributed by atoms with E-state index in [2.05, 4.69) is 0 Å². The Morgan fingerprint density at radius 2 is 1.08 bits per heavy atom. The number of hydrogen-bond donors (Lipinski definition) is 1. The highest BCUT2D eigenvalue weighted by Crippen LogP contribution is 2.63. The molecular formula is C8H20ClO2P. The molecule has 0 aromatic carbocycles. The van der Waals surface area contributed by atoms with Gasteiger partial charge in [0.25, 0.3) is 0 Å². The molecule has 1 N–H and O–H groups in total. The highest BCUT2D eigenvalue weighted by atomic mass is 35.5. The highest BCUT2D eigenvalue weighted by Gasteiger charge is 2.44. The van der Waals surface area contributed by atoms with E-state index in [0.29, 0.717) is 0 Å². The van der Waals surface area contributed by atoms with E-state index in [1.54, 1.807) is 41.5 Å². The summed E-state index contributed by atoms with van der Waals surface area (Å²) in [5.74, 6) is 0. The Morgan fingerprint density at radius 1 is 0.917 bits per heavy atom. The van der Waals surface area contributed by atoms with Crippen molar-refractivity contribution >= 4 is 19.8 Å². The first kappa shape index (κ1) is 15.0. The lowest BCUT2D eigenvalue weighted by molar-refractivity contribution is 0.413. The van der Waals surface area contributed by atoms with Gasteiger partial charge in [0, 0.05) is 10.3 Å². The smallest absolute Gasteiger partial charge is 0.210 e. The third kappa shape index (κ3) is 2.76. The lowest BCUT2D eigenvalue weighted by Crippen LogP contribution is -2.28. The fourth-order valence-corrected chi connectivity index (χ4v) is 3.02. The highest BCUT2D eigenvalue weighted by molar-refractivity contribution is 7.61. The predicted molar refractivity (Wildman–Crippen MR) is 56.6 cm³/mol. The third-order valence-corrected chi connectivity index (χ3v) is 5.46. The maximum Gasteiger partial charge on any atom is 0.210 e. The first-order valence-corrected chi connectivity index (χ1v) is 5.49. The van der Waals surface area contributed by atoms with Crippen LogP contribution in [0.15, 0.2) is 0 Å². The molecule has 0 spiro atoms. The largest absolute Gasteiger partial charge is 0.344 e. The van der Waals surface area contributed by atoms with Gasteiger partial charge in [0.05, 0.1) is 0 Å². The topological polar surface area (TPSA) is 37.3 Å². The van der Waals surface area contributed by atoms with Gasteiger partial charge in [-0.05, 0) is 0 Å². The van der Waals surface area contributed by atoms with Gasteiger partial charge in [-0.15, -0.1) is 12.4 Å². The fourth-order valence-electron chi connectivity index (χ4n) is 1.01. The number of hydrogen-bond acceptors (Lipinski definition) is 1. The molecule has 76 valence electrons. The molecule has 0 rings (SSSR count). The SMILES string of the molecule is CC(C)(C)P(=O)(O)C(C)(C)C.Cl. The van der Waals surface area contributed by atoms with E-state index >= 15 is 0 Å². The third-order valence-electron chi connectivity index (χ3n) is 1.82. The average Bonchev–Trinajstić information content (AvgIpc) is 1.58. The van der Waals surface area contributed by atoms with E-state index in [1.807, 2.05) is 0 Å². The molecule has 0 aliphatic carbocycles. The average molecular weight is 215 g/mol. The van der Waals surface area contributed by atoms with Gasteiger partial charge in [-0.2, -0.15) is 0 Å². The number of halogens is 1. The van der Waals surface area contributed by atoms with E-state index in [4.69, 9.17) is 0 Å². The summed E-state index contributed by atoms with van der Waals surface area (Å²) in [4.78, 5) is 9.74. The molecule has 0 fully saturated rings. The minimum absolute atomic E-state index is 0. The first-order valence-electron chi connectivity index (χ1n) is 3.83. The van der Waals surface area contributed by atoms with Crippen LogP contribution in [-0.4, -0.2) is 15.2 Å². The van der Waals surface area contributed by atoms with E-state index in [0.717, 1.165) is 0 Å². The van der Waals surface area contributed by atoms with Gasteiger partial charge in [0.2, 0.25) is 7.37 Å². The van der Waals surface area contributed by atoms with Crippen LogP contribution in [0.3, 0.4) is 0 Å². The summed E-state index contributed by atoms with van der Waals surface area (Å²) in [6.45, 7) is 10.8. The standard InChI is InChI=1S/C8H19O2P.ClH/c1-7(2,3)11(9,10)8(4,5)6;/h1-6H3,(H,9,10);1H. The van der Waals surface area contributed by atoms with Crippen LogP contribution in [0, 0.1) is 0 Å². The lowest BCUT2D eigenvalue weighted by Gasteiger charge is -2.35. The van der Waals surface area contributed by atoms with Crippen molar-refractivity contribution in [2.45, 2.75) is 51.9 Å². The minimum Gasteiger partial charge on any atom is -0.344 e. The van der Waals surface area contributed by atoms with Crippen LogP contribution < -0.4 is 0 Å². The second kappa shape index (κ2) is 3.69. The van der Waals surface area contributed by atoms with E-state index in [9.17, 15) is 9.46 Å². The molecule has 2 nitrogen and oxygen atoms in total. The Kier molecular flexibility index (Phi) is 4.61. The van der Waals surface area contributed by atoms with Crippen molar-refractivity contribution in [2.75, 3.05) is 0 Å². The van der Waals surface area contributed by atoms with Crippen molar-refractivity contribution in [2.24, 2.45) is 0 Å². The van der Waals surface area contributed by atoms with E-state index in [-0.39, 0.29) is 12.4 Å². The fraction of sp³-hybridized carbons (Fsp3) is 1.00. The summed E-state index contributed by atoms with van der Waals surface area (Å²) < 4.78 is 11.8. The van der Waals surface area contributed by atoms with Crippen molar-refractivity contribution in [3.8, 4) is 0 Å². The zero-order chi connectivity index (χ0) is 9.50. The molecule has 4 heteroatoms. The minimum atomic E-state index is -3.06. The van der Waals surface area contributed by atoms with Gasteiger partial charge in [-0.3, -0.25) is 4.57 Å². The molecule has 0 saturated carbocycles. The quantitative estimate of drug-likeness (QED) is 0.629. The summed E-state index contributed by atoms with van der Waals surface area (Å²) in [6.07, 6.45) is 0. The molecule has 0 amide bonds. The van der Waals surface area contributed by atoms with E-state index in [1.165, 1.54) is 0 Å². The molecule has 0 bridgehead atoms. The molecule has 12 heavy (non-hydrogen) atoms. The molecule has 0 heterocycles. The summed E-state index contributed by atoms with van der Waals surface area (Å²) >= 11 is 0. The lowest BCUT2D eigenvalue weighted by atomic mass is 10.2. The molecule has 0 aromatic rings. The van der Waals surface area contributed by atoms with Gasteiger partial charge in [0.1, 0.15) is 0 Å². The Balaban J connectivity index is 0. The summed E-state index contributed by atoms with van der Waals surface area (Å²) in [6, 6.07) is 0. The summed E-state index contributed by atoms with van der Waals surface area (Å²) in [5.41, 5.74) is 0. The zero-order valence-electron chi connectivity index (χ0n) is 8.71. The maximum absolute atomic E-state index is 11.8. The Hall–Kier alpha value is 0.480. The molecule has 0 aliphatic heterocycles. The Bertz CT molecular complexity index is 170. The molecule has 0 aromatic heterocycles. The van der Waals surface area contributed by atoms with Crippen molar-refractivity contribution in [1.82, 2.24) is 0 Å². The predicted octanol–water partition coefficient (Wildman–Crippen LogP) is 3.28. The second-order valence-corrected chi connectivity index (χ2v) is 8.75. The summed E-state index contributed by atoms with van der Waals surface area (Å²) in [7, 11) is -3.06. The van der Waals surface area contributed by atoms with Crippen LogP contribution in [0.5, 0.6) is 0 Å². The molecule has 0 unspecified atom stereocenters. The molecule has 0 atom stereocenters. The van der Waals surface area contributed by atoms with E-state index < -0.39 is 17.7 Å². The van der Waals surface area contributed by atoms with Gasteiger partial charge in [-0.25, -0.2) is 0 Å². The molecular weight excluding hydrogens is 195 g/mol. The normalized spacial score (nSPS) is 13.9. The zero-order valence-corrected chi connectivity index (χ0v) is 10.4. The second-order valence-electron chi connectivity index (χ2n) is 4.92. The van der Waals surface area contributed by atoms with Crippen molar-refractivity contribution in [3.63, 3.8) is 0 Å². The van der Waals surface area contributed by atoms with Crippen molar-refractivity contribution < 1.29 is 9.46 Å². The van der Waals surface area contributed by atoms with Crippen LogP contribution in [-0.2, 0) is 4.57 Å². The number of rotatable bonds is 0.